The predicted octanol–water partition coefficient (Wildman–Crippen LogP) is 7.00. The van der Waals surface area contributed by atoms with Crippen molar-refractivity contribution in [2.24, 2.45) is 0 Å². The molecule has 0 aromatic carbocycles. The van der Waals surface area contributed by atoms with Gasteiger partial charge in [-0.25, -0.2) is 0 Å². The molecule has 0 N–H and O–H groups in total. The number of Topliss-reactive ketones (excluding diaryl/α,β-unsaturated/α-hetero) is 1. The van der Waals surface area contributed by atoms with Gasteiger partial charge < -0.3 is 4.79 Å². The minimum absolute atomic E-state index is 0.323. The fourth-order valence-electron chi connectivity index (χ4n) is 2.62. The Bertz CT molecular complexity index is 242. The van der Waals surface area contributed by atoms with Crippen LogP contribution < -0.4 is 0 Å². The summed E-state index contributed by atoms with van der Waals surface area (Å²) in [5, 5.41) is 0. The minimum atomic E-state index is 0.323. The van der Waals surface area contributed by atoms with E-state index >= 15 is 0 Å². The summed E-state index contributed by atoms with van der Waals surface area (Å²) in [5.74, 6) is 0.323. The zero-order chi connectivity index (χ0) is 15.6. The second kappa shape index (κ2) is 17.5. The molecule has 21 heavy (non-hydrogen) atoms. The Kier molecular flexibility index (Phi) is 17.0. The van der Waals surface area contributed by atoms with Crippen LogP contribution in [-0.2, 0) is 4.79 Å². The highest BCUT2D eigenvalue weighted by Gasteiger charge is 1.93. The van der Waals surface area contributed by atoms with E-state index in [2.05, 4.69) is 19.1 Å². The van der Waals surface area contributed by atoms with Crippen LogP contribution in [0.4, 0.5) is 0 Å². The first-order valence-corrected chi connectivity index (χ1v) is 9.41. The third-order valence-electron chi connectivity index (χ3n) is 4.04. The van der Waals surface area contributed by atoms with Crippen molar-refractivity contribution >= 4 is 5.78 Å². The molecule has 0 atom stereocenters. The van der Waals surface area contributed by atoms with Gasteiger partial charge in [0, 0.05) is 6.42 Å². The Morgan fingerprint density at radius 3 is 1.57 bits per heavy atom. The van der Waals surface area contributed by atoms with Gasteiger partial charge in [-0.2, -0.15) is 0 Å². The predicted molar refractivity (Wildman–Crippen MR) is 94.8 cm³/mol. The van der Waals surface area contributed by atoms with E-state index in [4.69, 9.17) is 0 Å². The van der Waals surface area contributed by atoms with Crippen molar-refractivity contribution in [1.29, 1.82) is 0 Å². The van der Waals surface area contributed by atoms with Crippen LogP contribution in [0.3, 0.4) is 0 Å². The molecule has 0 amide bonds. The van der Waals surface area contributed by atoms with Crippen LogP contribution in [0.15, 0.2) is 12.2 Å². The molecule has 0 aliphatic carbocycles. The minimum Gasteiger partial charge on any atom is -0.300 e. The smallest absolute Gasteiger partial charge is 0.129 e. The van der Waals surface area contributed by atoms with Gasteiger partial charge in [-0.15, -0.1) is 0 Å². The number of carbonyl (C=O) groups excluding carboxylic acids is 1. The first-order valence-electron chi connectivity index (χ1n) is 9.41. The third kappa shape index (κ3) is 19.4. The largest absolute Gasteiger partial charge is 0.300 e. The van der Waals surface area contributed by atoms with Crippen LogP contribution in [0.5, 0.6) is 0 Å². The average Bonchev–Trinajstić information content (AvgIpc) is 2.46. The Balaban J connectivity index is 3.06. The summed E-state index contributed by atoms with van der Waals surface area (Å²) in [7, 11) is 0. The van der Waals surface area contributed by atoms with Crippen molar-refractivity contribution in [3.05, 3.63) is 12.2 Å². The molecule has 0 aromatic rings. The van der Waals surface area contributed by atoms with Gasteiger partial charge in [0.25, 0.3) is 0 Å². The van der Waals surface area contributed by atoms with Crippen molar-refractivity contribution in [3.8, 4) is 0 Å². The lowest BCUT2D eigenvalue weighted by molar-refractivity contribution is -0.117. The lowest BCUT2D eigenvalue weighted by atomic mass is 10.1. The zero-order valence-corrected chi connectivity index (χ0v) is 14.7. The number of allylic oxidation sites excluding steroid dienone is 2. The second-order valence-corrected chi connectivity index (χ2v) is 6.39. The Labute approximate surface area is 133 Å². The normalized spacial score (nSPS) is 11.3. The molecule has 0 aliphatic rings. The van der Waals surface area contributed by atoms with Crippen molar-refractivity contribution in [3.63, 3.8) is 0 Å². The number of rotatable bonds is 16. The molecule has 0 unspecified atom stereocenters. The van der Waals surface area contributed by atoms with E-state index in [9.17, 15) is 4.79 Å². The van der Waals surface area contributed by atoms with Gasteiger partial charge >= 0.3 is 0 Å². The average molecular weight is 295 g/mol. The first-order chi connectivity index (χ1) is 10.3. The lowest BCUT2D eigenvalue weighted by Crippen LogP contribution is -1.88. The maximum atomic E-state index is 10.8. The third-order valence-corrected chi connectivity index (χ3v) is 4.04. The summed E-state index contributed by atoms with van der Waals surface area (Å²) in [5.41, 5.74) is 0. The lowest BCUT2D eigenvalue weighted by Gasteiger charge is -2.01. The maximum absolute atomic E-state index is 10.8. The number of unbranched alkanes of at least 4 members (excludes halogenated alkanes) is 12. The molecule has 0 heterocycles. The number of carbonyl (C=O) groups is 1. The fraction of sp³-hybridized carbons (Fsp3) is 0.850. The molecule has 0 bridgehead atoms. The highest BCUT2D eigenvalue weighted by Crippen LogP contribution is 2.11. The summed E-state index contributed by atoms with van der Waals surface area (Å²) in [4.78, 5) is 10.8. The van der Waals surface area contributed by atoms with Crippen LogP contribution in [0.1, 0.15) is 110 Å². The van der Waals surface area contributed by atoms with Crippen LogP contribution in [0.25, 0.3) is 0 Å². The Hall–Kier alpha value is -0.590. The Morgan fingerprint density at radius 2 is 1.10 bits per heavy atom. The summed E-state index contributed by atoms with van der Waals surface area (Å²) >= 11 is 0. The molecule has 0 fully saturated rings. The zero-order valence-electron chi connectivity index (χ0n) is 14.7. The van der Waals surface area contributed by atoms with Gasteiger partial charge in [0.2, 0.25) is 0 Å². The van der Waals surface area contributed by atoms with Crippen molar-refractivity contribution in [2.45, 2.75) is 110 Å². The van der Waals surface area contributed by atoms with Gasteiger partial charge in [0.15, 0.2) is 0 Å². The van der Waals surface area contributed by atoms with Crippen molar-refractivity contribution in [2.75, 3.05) is 0 Å². The van der Waals surface area contributed by atoms with Crippen LogP contribution in [0.2, 0.25) is 0 Å². The Morgan fingerprint density at radius 1 is 0.667 bits per heavy atom. The van der Waals surface area contributed by atoms with Crippen LogP contribution in [0, 0.1) is 0 Å². The molecule has 124 valence electrons. The van der Waals surface area contributed by atoms with Crippen molar-refractivity contribution in [1.82, 2.24) is 0 Å². The molecule has 1 nitrogen and oxygen atoms in total. The first kappa shape index (κ1) is 20.4. The molecule has 0 saturated carbocycles. The number of hydrogen-bond acceptors (Lipinski definition) is 1. The topological polar surface area (TPSA) is 17.1 Å². The highest BCUT2D eigenvalue weighted by atomic mass is 16.1. The summed E-state index contributed by atoms with van der Waals surface area (Å²) in [6, 6.07) is 0. The summed E-state index contributed by atoms with van der Waals surface area (Å²) in [6.07, 6.45) is 24.1. The number of ketones is 1. The van der Waals surface area contributed by atoms with E-state index in [1.54, 1.807) is 6.92 Å². The maximum Gasteiger partial charge on any atom is 0.129 e. The molecule has 0 radical (unpaired) electrons. The van der Waals surface area contributed by atoms with Gasteiger partial charge in [-0.3, -0.25) is 0 Å². The van der Waals surface area contributed by atoms with Gasteiger partial charge in [-0.1, -0.05) is 76.9 Å². The second-order valence-electron chi connectivity index (χ2n) is 6.39. The monoisotopic (exact) mass is 294 g/mol. The van der Waals surface area contributed by atoms with E-state index in [-0.39, 0.29) is 0 Å². The van der Waals surface area contributed by atoms with E-state index in [1.165, 1.54) is 70.6 Å². The molecule has 0 aromatic heterocycles. The fourth-order valence-corrected chi connectivity index (χ4v) is 2.62. The van der Waals surface area contributed by atoms with Gasteiger partial charge in [0.1, 0.15) is 5.78 Å². The molecule has 0 saturated heterocycles. The SMILES string of the molecule is CCCCCCCCCCCC/C=C\CCCCC(C)=O. The van der Waals surface area contributed by atoms with E-state index in [0.717, 1.165) is 25.7 Å². The van der Waals surface area contributed by atoms with E-state index in [1.807, 2.05) is 0 Å². The standard InChI is InChI=1S/C20H38O/c1-3-4-5-6-7-8-9-10-11-12-13-14-15-16-17-18-19-20(2)21/h14-15H,3-13,16-19H2,1-2H3/b15-14-. The number of hydrogen-bond donors (Lipinski definition) is 0. The van der Waals surface area contributed by atoms with E-state index in [0.29, 0.717) is 5.78 Å². The molecular weight excluding hydrogens is 256 g/mol. The van der Waals surface area contributed by atoms with E-state index < -0.39 is 0 Å². The molecule has 0 rings (SSSR count). The summed E-state index contributed by atoms with van der Waals surface area (Å²) < 4.78 is 0. The highest BCUT2D eigenvalue weighted by molar-refractivity contribution is 5.75. The van der Waals surface area contributed by atoms with Crippen LogP contribution >= 0.6 is 0 Å². The molecule has 0 aliphatic heterocycles. The summed E-state index contributed by atoms with van der Waals surface area (Å²) in [6.45, 7) is 3.96. The quantitative estimate of drug-likeness (QED) is 0.221. The van der Waals surface area contributed by atoms with Crippen molar-refractivity contribution < 1.29 is 4.79 Å². The molecular formula is C20H38O. The molecule has 0 spiro atoms. The van der Waals surface area contributed by atoms with Gasteiger partial charge in [0.05, 0.1) is 0 Å². The van der Waals surface area contributed by atoms with Gasteiger partial charge in [-0.05, 0) is 39.0 Å². The molecule has 1 heteroatoms. The van der Waals surface area contributed by atoms with Crippen LogP contribution in [-0.4, -0.2) is 5.78 Å².